The van der Waals surface area contributed by atoms with E-state index in [1.165, 1.54) is 0 Å². The Bertz CT molecular complexity index is 809. The number of amides is 2. The number of benzene rings is 2. The van der Waals surface area contributed by atoms with Crippen LogP contribution in [-0.4, -0.2) is 43.4 Å². The SMILES string of the molecule is CN(C)CC(=O)Nc1cccc(CNC(=O)C2CC(c3ccccc3)NN2)c1. The van der Waals surface area contributed by atoms with Crippen LogP contribution in [0.1, 0.15) is 23.6 Å². The maximum atomic E-state index is 12.5. The third-order valence-electron chi connectivity index (χ3n) is 4.56. The molecule has 2 atom stereocenters. The highest BCUT2D eigenvalue weighted by Crippen LogP contribution is 2.21. The molecule has 0 bridgehead atoms. The zero-order chi connectivity index (χ0) is 19.9. The van der Waals surface area contributed by atoms with Gasteiger partial charge in [-0.1, -0.05) is 42.5 Å². The number of carbonyl (C=O) groups excluding carboxylic acids is 2. The molecule has 2 aromatic rings. The quantitative estimate of drug-likeness (QED) is 0.583. The number of hydrazine groups is 1. The topological polar surface area (TPSA) is 85.5 Å². The highest BCUT2D eigenvalue weighted by molar-refractivity contribution is 5.92. The first-order chi connectivity index (χ1) is 13.5. The molecule has 1 heterocycles. The molecule has 4 N–H and O–H groups in total. The predicted molar refractivity (Wildman–Crippen MR) is 109 cm³/mol. The molecule has 1 aliphatic heterocycles. The van der Waals surface area contributed by atoms with Gasteiger partial charge < -0.3 is 15.5 Å². The summed E-state index contributed by atoms with van der Waals surface area (Å²) in [7, 11) is 3.69. The Morgan fingerprint density at radius 2 is 1.86 bits per heavy atom. The lowest BCUT2D eigenvalue weighted by Gasteiger charge is -2.13. The number of anilines is 1. The van der Waals surface area contributed by atoms with Crippen molar-refractivity contribution in [2.75, 3.05) is 26.0 Å². The molecular weight excluding hydrogens is 354 g/mol. The van der Waals surface area contributed by atoms with Crippen molar-refractivity contribution in [2.45, 2.75) is 25.0 Å². The zero-order valence-corrected chi connectivity index (χ0v) is 16.2. The highest BCUT2D eigenvalue weighted by Gasteiger charge is 2.29. The summed E-state index contributed by atoms with van der Waals surface area (Å²) >= 11 is 0. The Morgan fingerprint density at radius 3 is 2.61 bits per heavy atom. The van der Waals surface area contributed by atoms with Crippen molar-refractivity contribution in [1.29, 1.82) is 0 Å². The third kappa shape index (κ3) is 5.63. The van der Waals surface area contributed by atoms with Gasteiger partial charge in [0.05, 0.1) is 6.54 Å². The molecule has 0 aromatic heterocycles. The van der Waals surface area contributed by atoms with Gasteiger partial charge in [-0.25, -0.2) is 10.9 Å². The predicted octanol–water partition coefficient (Wildman–Crippen LogP) is 1.41. The van der Waals surface area contributed by atoms with Crippen LogP contribution in [0.15, 0.2) is 54.6 Å². The number of rotatable bonds is 7. The molecule has 1 aliphatic rings. The molecule has 2 amide bonds. The maximum Gasteiger partial charge on any atom is 0.238 e. The van der Waals surface area contributed by atoms with Gasteiger partial charge >= 0.3 is 0 Å². The molecular formula is C21H27N5O2. The van der Waals surface area contributed by atoms with Crippen molar-refractivity contribution in [3.05, 3.63) is 65.7 Å². The van der Waals surface area contributed by atoms with Gasteiger partial charge in [0.25, 0.3) is 0 Å². The summed E-state index contributed by atoms with van der Waals surface area (Å²) in [5.74, 6) is -0.118. The molecule has 7 heteroatoms. The van der Waals surface area contributed by atoms with Crippen LogP contribution < -0.4 is 21.5 Å². The molecule has 1 saturated heterocycles. The minimum atomic E-state index is -0.284. The van der Waals surface area contributed by atoms with E-state index in [2.05, 4.69) is 33.6 Å². The Hall–Kier alpha value is -2.74. The van der Waals surface area contributed by atoms with E-state index in [1.807, 2.05) is 61.5 Å². The van der Waals surface area contributed by atoms with E-state index in [0.29, 0.717) is 19.5 Å². The minimum Gasteiger partial charge on any atom is -0.351 e. The van der Waals surface area contributed by atoms with Gasteiger partial charge in [0.15, 0.2) is 0 Å². The van der Waals surface area contributed by atoms with Crippen LogP contribution in [0, 0.1) is 0 Å². The van der Waals surface area contributed by atoms with Crippen LogP contribution in [0.2, 0.25) is 0 Å². The first kappa shape index (κ1) is 20.0. The van der Waals surface area contributed by atoms with Crippen LogP contribution in [0.5, 0.6) is 0 Å². The van der Waals surface area contributed by atoms with E-state index in [4.69, 9.17) is 0 Å². The maximum absolute atomic E-state index is 12.5. The lowest BCUT2D eigenvalue weighted by molar-refractivity contribution is -0.123. The van der Waals surface area contributed by atoms with Crippen molar-refractivity contribution in [2.24, 2.45) is 0 Å². The van der Waals surface area contributed by atoms with E-state index in [9.17, 15) is 9.59 Å². The van der Waals surface area contributed by atoms with Crippen LogP contribution >= 0.6 is 0 Å². The van der Waals surface area contributed by atoms with Crippen LogP contribution in [0.4, 0.5) is 5.69 Å². The second-order valence-electron chi connectivity index (χ2n) is 7.24. The van der Waals surface area contributed by atoms with Gasteiger partial charge in [-0.2, -0.15) is 0 Å². The number of likely N-dealkylation sites (N-methyl/N-ethyl adjacent to an activating group) is 1. The summed E-state index contributed by atoms with van der Waals surface area (Å²) in [5.41, 5.74) is 9.08. The molecule has 7 nitrogen and oxygen atoms in total. The van der Waals surface area contributed by atoms with Gasteiger partial charge in [0.2, 0.25) is 11.8 Å². The molecule has 148 valence electrons. The Balaban J connectivity index is 1.50. The summed E-state index contributed by atoms with van der Waals surface area (Å²) < 4.78 is 0. The standard InChI is InChI=1S/C21H27N5O2/c1-26(2)14-20(27)23-17-10-6-7-15(11-17)13-22-21(28)19-12-18(24-25-19)16-8-4-3-5-9-16/h3-11,18-19,24-25H,12-14H2,1-2H3,(H,22,28)(H,23,27). The van der Waals surface area contributed by atoms with Crippen molar-refractivity contribution < 1.29 is 9.59 Å². The Labute approximate surface area is 165 Å². The van der Waals surface area contributed by atoms with Crippen LogP contribution in [0.3, 0.4) is 0 Å². The Morgan fingerprint density at radius 1 is 1.07 bits per heavy atom. The summed E-state index contributed by atoms with van der Waals surface area (Å²) in [5, 5.41) is 5.83. The lowest BCUT2D eigenvalue weighted by Crippen LogP contribution is -2.42. The number of hydrogen-bond donors (Lipinski definition) is 4. The first-order valence-electron chi connectivity index (χ1n) is 9.38. The zero-order valence-electron chi connectivity index (χ0n) is 16.2. The number of carbonyl (C=O) groups is 2. The van der Waals surface area contributed by atoms with E-state index >= 15 is 0 Å². The molecule has 0 spiro atoms. The van der Waals surface area contributed by atoms with E-state index in [1.54, 1.807) is 0 Å². The summed E-state index contributed by atoms with van der Waals surface area (Å²) in [4.78, 5) is 26.2. The van der Waals surface area contributed by atoms with Crippen LogP contribution in [0.25, 0.3) is 0 Å². The molecule has 2 unspecified atom stereocenters. The summed E-state index contributed by atoms with van der Waals surface area (Å²) in [6, 6.07) is 17.4. The molecule has 0 saturated carbocycles. The normalized spacial score (nSPS) is 18.8. The molecule has 2 aromatic carbocycles. The smallest absolute Gasteiger partial charge is 0.238 e. The van der Waals surface area contributed by atoms with Gasteiger partial charge in [-0.3, -0.25) is 9.59 Å². The third-order valence-corrected chi connectivity index (χ3v) is 4.56. The van der Waals surface area contributed by atoms with Crippen molar-refractivity contribution in [1.82, 2.24) is 21.1 Å². The van der Waals surface area contributed by atoms with Crippen molar-refractivity contribution >= 4 is 17.5 Å². The number of nitrogens with one attached hydrogen (secondary N) is 4. The fourth-order valence-electron chi connectivity index (χ4n) is 3.19. The summed E-state index contributed by atoms with van der Waals surface area (Å²) in [6.07, 6.45) is 0.691. The Kier molecular flexibility index (Phi) is 6.76. The van der Waals surface area contributed by atoms with Gasteiger partial charge in [0.1, 0.15) is 6.04 Å². The van der Waals surface area contributed by atoms with Crippen molar-refractivity contribution in [3.8, 4) is 0 Å². The fourth-order valence-corrected chi connectivity index (χ4v) is 3.19. The highest BCUT2D eigenvalue weighted by atomic mass is 16.2. The molecule has 0 radical (unpaired) electrons. The number of nitrogens with zero attached hydrogens (tertiary/aromatic N) is 1. The van der Waals surface area contributed by atoms with E-state index in [-0.39, 0.29) is 23.9 Å². The minimum absolute atomic E-state index is 0.0482. The van der Waals surface area contributed by atoms with Gasteiger partial charge in [-0.05, 0) is 43.8 Å². The average Bonchev–Trinajstić information content (AvgIpc) is 3.17. The lowest BCUT2D eigenvalue weighted by atomic mass is 10.0. The summed E-state index contributed by atoms with van der Waals surface area (Å²) in [6.45, 7) is 0.730. The van der Waals surface area contributed by atoms with Crippen molar-refractivity contribution in [3.63, 3.8) is 0 Å². The molecule has 3 rings (SSSR count). The van der Waals surface area contributed by atoms with E-state index < -0.39 is 0 Å². The second-order valence-corrected chi connectivity index (χ2v) is 7.24. The van der Waals surface area contributed by atoms with Gasteiger partial charge in [0, 0.05) is 18.3 Å². The van der Waals surface area contributed by atoms with E-state index in [0.717, 1.165) is 16.8 Å². The largest absolute Gasteiger partial charge is 0.351 e. The van der Waals surface area contributed by atoms with Crippen LogP contribution in [-0.2, 0) is 16.1 Å². The monoisotopic (exact) mass is 381 g/mol. The number of hydrogen-bond acceptors (Lipinski definition) is 5. The molecule has 28 heavy (non-hydrogen) atoms. The molecule has 1 fully saturated rings. The van der Waals surface area contributed by atoms with Gasteiger partial charge in [-0.15, -0.1) is 0 Å². The molecule has 0 aliphatic carbocycles. The second kappa shape index (κ2) is 9.45. The average molecular weight is 381 g/mol. The fraction of sp³-hybridized carbons (Fsp3) is 0.333. The first-order valence-corrected chi connectivity index (χ1v) is 9.38.